The second-order valence-corrected chi connectivity index (χ2v) is 4.49. The van der Waals surface area contributed by atoms with Gasteiger partial charge in [0.25, 0.3) is 5.69 Å². The van der Waals surface area contributed by atoms with Gasteiger partial charge in [0.2, 0.25) is 0 Å². The van der Waals surface area contributed by atoms with Crippen LogP contribution in [-0.4, -0.2) is 11.5 Å². The number of nitro benzene ring substituents is 1. The molecule has 0 saturated heterocycles. The summed E-state index contributed by atoms with van der Waals surface area (Å²) in [7, 11) is 0. The van der Waals surface area contributed by atoms with Crippen LogP contribution in [0.3, 0.4) is 0 Å². The fraction of sp³-hybridized carbons (Fsp3) is 0.143. The van der Waals surface area contributed by atoms with Gasteiger partial charge in [-0.1, -0.05) is 41.9 Å². The topological polar surface area (TPSA) is 55.2 Å². The van der Waals surface area contributed by atoms with E-state index in [0.717, 1.165) is 13.0 Å². The zero-order valence-electron chi connectivity index (χ0n) is 10.2. The second-order valence-electron chi connectivity index (χ2n) is 4.08. The first-order valence-electron chi connectivity index (χ1n) is 5.88. The van der Waals surface area contributed by atoms with Crippen molar-refractivity contribution in [3.8, 4) is 0 Å². The number of nitrogens with zero attached hydrogens (tertiary/aromatic N) is 1. The number of anilines is 1. The van der Waals surface area contributed by atoms with Gasteiger partial charge in [0.05, 0.1) is 15.6 Å². The molecular weight excluding hydrogens is 264 g/mol. The highest BCUT2D eigenvalue weighted by Crippen LogP contribution is 2.26. The molecule has 0 heterocycles. The van der Waals surface area contributed by atoms with Gasteiger partial charge in [0, 0.05) is 18.7 Å². The normalized spacial score (nSPS) is 10.2. The number of nitrogens with one attached hydrogen (secondary N) is 1. The molecule has 0 aromatic heterocycles. The van der Waals surface area contributed by atoms with Crippen LogP contribution >= 0.6 is 11.6 Å². The van der Waals surface area contributed by atoms with Gasteiger partial charge in [-0.2, -0.15) is 0 Å². The van der Waals surface area contributed by atoms with Crippen molar-refractivity contribution in [3.63, 3.8) is 0 Å². The maximum atomic E-state index is 10.6. The van der Waals surface area contributed by atoms with Crippen molar-refractivity contribution < 1.29 is 4.92 Å². The lowest BCUT2D eigenvalue weighted by atomic mass is 10.1. The lowest BCUT2D eigenvalue weighted by molar-refractivity contribution is -0.384. The largest absolute Gasteiger partial charge is 0.384 e. The quantitative estimate of drug-likeness (QED) is 0.665. The molecule has 2 aromatic carbocycles. The van der Waals surface area contributed by atoms with E-state index in [9.17, 15) is 10.1 Å². The molecule has 4 nitrogen and oxygen atoms in total. The predicted molar refractivity (Wildman–Crippen MR) is 76.7 cm³/mol. The van der Waals surface area contributed by atoms with E-state index in [1.54, 1.807) is 6.07 Å². The molecule has 2 rings (SSSR count). The van der Waals surface area contributed by atoms with E-state index >= 15 is 0 Å². The number of nitro groups is 1. The van der Waals surface area contributed by atoms with E-state index in [0.29, 0.717) is 10.7 Å². The van der Waals surface area contributed by atoms with Gasteiger partial charge in [-0.15, -0.1) is 0 Å². The summed E-state index contributed by atoms with van der Waals surface area (Å²) in [4.78, 5) is 10.1. The Kier molecular flexibility index (Phi) is 4.36. The first-order valence-corrected chi connectivity index (χ1v) is 6.26. The number of halogens is 1. The standard InChI is InChI=1S/C14H13ClN2O2/c15-13-10-12(17(18)19)6-7-14(13)16-9-8-11-4-2-1-3-5-11/h1-7,10,16H,8-9H2. The van der Waals surface area contributed by atoms with Crippen LogP contribution in [0.2, 0.25) is 5.02 Å². The van der Waals surface area contributed by atoms with Gasteiger partial charge < -0.3 is 5.32 Å². The third-order valence-corrected chi connectivity index (χ3v) is 3.05. The van der Waals surface area contributed by atoms with Crippen LogP contribution < -0.4 is 5.32 Å². The fourth-order valence-electron chi connectivity index (χ4n) is 1.75. The van der Waals surface area contributed by atoms with E-state index in [-0.39, 0.29) is 5.69 Å². The molecule has 98 valence electrons. The van der Waals surface area contributed by atoms with Crippen molar-refractivity contribution in [2.24, 2.45) is 0 Å². The average Bonchev–Trinajstić information content (AvgIpc) is 2.41. The summed E-state index contributed by atoms with van der Waals surface area (Å²) in [5.74, 6) is 0. The molecule has 1 N–H and O–H groups in total. The molecule has 0 saturated carbocycles. The van der Waals surface area contributed by atoms with Crippen molar-refractivity contribution >= 4 is 23.0 Å². The van der Waals surface area contributed by atoms with Crippen LogP contribution in [0.5, 0.6) is 0 Å². The molecule has 0 aliphatic carbocycles. The molecule has 0 spiro atoms. The highest BCUT2D eigenvalue weighted by Gasteiger charge is 2.08. The first kappa shape index (κ1) is 13.4. The second kappa shape index (κ2) is 6.20. The molecule has 0 unspecified atom stereocenters. The summed E-state index contributed by atoms with van der Waals surface area (Å²) in [5.41, 5.74) is 1.94. The first-order chi connectivity index (χ1) is 9.16. The van der Waals surface area contributed by atoms with E-state index in [2.05, 4.69) is 17.4 Å². The van der Waals surface area contributed by atoms with Crippen LogP contribution in [0.15, 0.2) is 48.5 Å². The number of rotatable bonds is 5. The number of non-ortho nitro benzene ring substituents is 1. The van der Waals surface area contributed by atoms with Gasteiger partial charge >= 0.3 is 0 Å². The van der Waals surface area contributed by atoms with Gasteiger partial charge in [-0.05, 0) is 18.1 Å². The van der Waals surface area contributed by atoms with E-state index < -0.39 is 4.92 Å². The van der Waals surface area contributed by atoms with Gasteiger partial charge in [-0.25, -0.2) is 0 Å². The minimum atomic E-state index is -0.459. The molecule has 0 aliphatic heterocycles. The Hall–Kier alpha value is -2.07. The minimum absolute atomic E-state index is 0.00129. The maximum Gasteiger partial charge on any atom is 0.271 e. The smallest absolute Gasteiger partial charge is 0.271 e. The zero-order valence-corrected chi connectivity index (χ0v) is 10.9. The Morgan fingerprint density at radius 2 is 1.89 bits per heavy atom. The number of hydrogen-bond donors (Lipinski definition) is 1. The minimum Gasteiger partial charge on any atom is -0.384 e. The summed E-state index contributed by atoms with van der Waals surface area (Å²) >= 11 is 5.99. The molecule has 0 amide bonds. The number of hydrogen-bond acceptors (Lipinski definition) is 3. The summed E-state index contributed by atoms with van der Waals surface area (Å²) in [6, 6.07) is 14.5. The molecule has 0 aliphatic rings. The van der Waals surface area contributed by atoms with E-state index in [4.69, 9.17) is 11.6 Å². The molecule has 0 radical (unpaired) electrons. The fourth-order valence-corrected chi connectivity index (χ4v) is 1.99. The van der Waals surface area contributed by atoms with Crippen molar-refractivity contribution in [2.45, 2.75) is 6.42 Å². The Balaban J connectivity index is 1.95. The number of benzene rings is 2. The molecular formula is C14H13ClN2O2. The summed E-state index contributed by atoms with van der Waals surface area (Å²) in [6.45, 7) is 0.724. The Morgan fingerprint density at radius 1 is 1.16 bits per heavy atom. The van der Waals surface area contributed by atoms with Crippen LogP contribution in [0.25, 0.3) is 0 Å². The van der Waals surface area contributed by atoms with Crippen molar-refractivity contribution in [1.82, 2.24) is 0 Å². The lowest BCUT2D eigenvalue weighted by Crippen LogP contribution is -2.05. The predicted octanol–water partition coefficient (Wildman–Crippen LogP) is 3.90. The van der Waals surface area contributed by atoms with E-state index in [1.165, 1.54) is 17.7 Å². The van der Waals surface area contributed by atoms with Crippen molar-refractivity contribution in [3.05, 3.63) is 69.2 Å². The summed E-state index contributed by atoms with van der Waals surface area (Å²) < 4.78 is 0. The van der Waals surface area contributed by atoms with Gasteiger partial charge in [0.1, 0.15) is 0 Å². The van der Waals surface area contributed by atoms with Crippen LogP contribution in [0.1, 0.15) is 5.56 Å². The van der Waals surface area contributed by atoms with E-state index in [1.807, 2.05) is 18.2 Å². The monoisotopic (exact) mass is 276 g/mol. The highest BCUT2D eigenvalue weighted by atomic mass is 35.5. The average molecular weight is 277 g/mol. The SMILES string of the molecule is O=[N+]([O-])c1ccc(NCCc2ccccc2)c(Cl)c1. The lowest BCUT2D eigenvalue weighted by Gasteiger charge is -2.08. The van der Waals surface area contributed by atoms with Crippen LogP contribution in [0.4, 0.5) is 11.4 Å². The Bertz CT molecular complexity index is 573. The van der Waals surface area contributed by atoms with Crippen LogP contribution in [-0.2, 0) is 6.42 Å². The zero-order chi connectivity index (χ0) is 13.7. The van der Waals surface area contributed by atoms with Crippen LogP contribution in [0, 0.1) is 10.1 Å². The van der Waals surface area contributed by atoms with Crippen molar-refractivity contribution in [1.29, 1.82) is 0 Å². The van der Waals surface area contributed by atoms with Crippen molar-refractivity contribution in [2.75, 3.05) is 11.9 Å². The Labute approximate surface area is 116 Å². The van der Waals surface area contributed by atoms with Gasteiger partial charge in [-0.3, -0.25) is 10.1 Å². The molecule has 19 heavy (non-hydrogen) atoms. The highest BCUT2D eigenvalue weighted by molar-refractivity contribution is 6.33. The maximum absolute atomic E-state index is 10.6. The molecule has 2 aromatic rings. The van der Waals surface area contributed by atoms with Gasteiger partial charge in [0.15, 0.2) is 0 Å². The molecule has 0 bridgehead atoms. The molecule has 0 fully saturated rings. The third-order valence-electron chi connectivity index (χ3n) is 2.74. The summed E-state index contributed by atoms with van der Waals surface area (Å²) in [6.07, 6.45) is 0.869. The Morgan fingerprint density at radius 3 is 2.53 bits per heavy atom. The molecule has 5 heteroatoms. The third kappa shape index (κ3) is 3.69. The molecule has 0 atom stereocenters. The summed E-state index contributed by atoms with van der Waals surface area (Å²) in [5, 5.41) is 14.1.